The first-order valence-corrected chi connectivity index (χ1v) is 9.94. The SMILES string of the molecule is Cc1cnn(CCNc2ccc(C(=O)N3CCS(=O)(=O)CC3)cn2)c1. The third-order valence-corrected chi connectivity index (χ3v) is 5.66. The van der Waals surface area contributed by atoms with E-state index in [-0.39, 0.29) is 30.5 Å². The first-order valence-electron chi connectivity index (χ1n) is 8.12. The number of nitrogens with one attached hydrogen (secondary N) is 1. The van der Waals surface area contributed by atoms with Crippen molar-refractivity contribution in [3.8, 4) is 0 Å². The molecular formula is C16H21N5O3S. The summed E-state index contributed by atoms with van der Waals surface area (Å²) in [5.74, 6) is 0.555. The molecule has 0 radical (unpaired) electrons. The van der Waals surface area contributed by atoms with Crippen LogP contribution in [0.25, 0.3) is 0 Å². The monoisotopic (exact) mass is 363 g/mol. The Hall–Kier alpha value is -2.42. The van der Waals surface area contributed by atoms with Gasteiger partial charge in [0.15, 0.2) is 9.84 Å². The maximum absolute atomic E-state index is 12.4. The van der Waals surface area contributed by atoms with Gasteiger partial charge in [0, 0.05) is 32.0 Å². The van der Waals surface area contributed by atoms with Crippen molar-refractivity contribution in [1.82, 2.24) is 19.7 Å². The molecule has 0 spiro atoms. The van der Waals surface area contributed by atoms with Crippen molar-refractivity contribution in [3.05, 3.63) is 41.9 Å². The number of carbonyl (C=O) groups is 1. The fraction of sp³-hybridized carbons (Fsp3) is 0.438. The molecular weight excluding hydrogens is 342 g/mol. The van der Waals surface area contributed by atoms with Crippen molar-refractivity contribution < 1.29 is 13.2 Å². The van der Waals surface area contributed by atoms with Crippen LogP contribution >= 0.6 is 0 Å². The molecule has 134 valence electrons. The minimum atomic E-state index is -3.00. The van der Waals surface area contributed by atoms with Crippen LogP contribution in [-0.4, -0.2) is 65.1 Å². The highest BCUT2D eigenvalue weighted by Crippen LogP contribution is 2.11. The third kappa shape index (κ3) is 4.56. The normalized spacial score (nSPS) is 16.6. The van der Waals surface area contributed by atoms with Crippen LogP contribution in [0.1, 0.15) is 15.9 Å². The van der Waals surface area contributed by atoms with Crippen LogP contribution in [0.3, 0.4) is 0 Å². The second kappa shape index (κ2) is 7.22. The number of carbonyl (C=O) groups excluding carboxylic acids is 1. The highest BCUT2D eigenvalue weighted by atomic mass is 32.2. The molecule has 0 unspecified atom stereocenters. The Labute approximate surface area is 146 Å². The molecule has 0 aliphatic carbocycles. The molecule has 1 fully saturated rings. The summed E-state index contributed by atoms with van der Waals surface area (Å²) in [5.41, 5.74) is 1.58. The summed E-state index contributed by atoms with van der Waals surface area (Å²) in [6, 6.07) is 3.46. The average Bonchev–Trinajstić information content (AvgIpc) is 3.00. The van der Waals surface area contributed by atoms with Crippen LogP contribution in [0, 0.1) is 6.92 Å². The van der Waals surface area contributed by atoms with Gasteiger partial charge in [-0.3, -0.25) is 9.48 Å². The number of anilines is 1. The van der Waals surface area contributed by atoms with Crippen LogP contribution in [0.4, 0.5) is 5.82 Å². The predicted octanol–water partition coefficient (Wildman–Crippen LogP) is 0.569. The van der Waals surface area contributed by atoms with Gasteiger partial charge in [0.2, 0.25) is 0 Å². The Morgan fingerprint density at radius 3 is 2.60 bits per heavy atom. The van der Waals surface area contributed by atoms with Gasteiger partial charge in [-0.05, 0) is 24.6 Å². The second-order valence-corrected chi connectivity index (χ2v) is 8.39. The zero-order chi connectivity index (χ0) is 17.9. The maximum atomic E-state index is 12.4. The number of pyridine rings is 1. The van der Waals surface area contributed by atoms with E-state index < -0.39 is 9.84 Å². The number of sulfone groups is 1. The van der Waals surface area contributed by atoms with E-state index in [1.807, 2.05) is 24.0 Å². The zero-order valence-electron chi connectivity index (χ0n) is 14.1. The first kappa shape index (κ1) is 17.4. The molecule has 1 N–H and O–H groups in total. The minimum Gasteiger partial charge on any atom is -0.368 e. The lowest BCUT2D eigenvalue weighted by Gasteiger charge is -2.26. The van der Waals surface area contributed by atoms with Gasteiger partial charge >= 0.3 is 0 Å². The van der Waals surface area contributed by atoms with E-state index in [0.29, 0.717) is 17.9 Å². The van der Waals surface area contributed by atoms with Gasteiger partial charge in [0.1, 0.15) is 5.82 Å². The summed E-state index contributed by atoms with van der Waals surface area (Å²) in [4.78, 5) is 18.2. The number of rotatable bonds is 5. The Morgan fingerprint density at radius 1 is 1.24 bits per heavy atom. The van der Waals surface area contributed by atoms with Crippen LogP contribution in [0.2, 0.25) is 0 Å². The fourth-order valence-corrected chi connectivity index (χ4v) is 3.81. The highest BCUT2D eigenvalue weighted by molar-refractivity contribution is 7.91. The minimum absolute atomic E-state index is 0.0265. The Kier molecular flexibility index (Phi) is 5.03. The molecule has 8 nitrogen and oxygen atoms in total. The van der Waals surface area contributed by atoms with E-state index in [2.05, 4.69) is 15.4 Å². The van der Waals surface area contributed by atoms with Crippen molar-refractivity contribution in [3.63, 3.8) is 0 Å². The van der Waals surface area contributed by atoms with E-state index in [0.717, 1.165) is 12.1 Å². The lowest BCUT2D eigenvalue weighted by atomic mass is 10.2. The van der Waals surface area contributed by atoms with Gasteiger partial charge < -0.3 is 10.2 Å². The Balaban J connectivity index is 1.52. The number of hydrogen-bond acceptors (Lipinski definition) is 6. The smallest absolute Gasteiger partial charge is 0.255 e. The summed E-state index contributed by atoms with van der Waals surface area (Å²) in [6.45, 7) is 3.87. The molecule has 0 atom stereocenters. The zero-order valence-corrected chi connectivity index (χ0v) is 14.9. The number of hydrogen-bond donors (Lipinski definition) is 1. The second-order valence-electron chi connectivity index (χ2n) is 6.08. The molecule has 1 saturated heterocycles. The van der Waals surface area contributed by atoms with E-state index in [9.17, 15) is 13.2 Å². The molecule has 9 heteroatoms. The van der Waals surface area contributed by atoms with Crippen molar-refractivity contribution in [1.29, 1.82) is 0 Å². The third-order valence-electron chi connectivity index (χ3n) is 4.05. The van der Waals surface area contributed by atoms with E-state index in [4.69, 9.17) is 0 Å². The van der Waals surface area contributed by atoms with E-state index >= 15 is 0 Å². The molecule has 2 aromatic rings. The van der Waals surface area contributed by atoms with Crippen molar-refractivity contribution in [2.75, 3.05) is 36.5 Å². The summed E-state index contributed by atoms with van der Waals surface area (Å²) in [6.07, 6.45) is 5.30. The van der Waals surface area contributed by atoms with Gasteiger partial charge in [0.25, 0.3) is 5.91 Å². The van der Waals surface area contributed by atoms with Crippen molar-refractivity contribution in [2.45, 2.75) is 13.5 Å². The molecule has 1 aliphatic rings. The summed E-state index contributed by atoms with van der Waals surface area (Å²) in [5, 5.41) is 7.39. The first-order chi connectivity index (χ1) is 11.9. The number of aryl methyl sites for hydroxylation is 1. The molecule has 1 amide bonds. The van der Waals surface area contributed by atoms with Gasteiger partial charge in [-0.15, -0.1) is 0 Å². The van der Waals surface area contributed by atoms with Gasteiger partial charge in [0.05, 0.1) is 29.8 Å². The summed E-state index contributed by atoms with van der Waals surface area (Å²) >= 11 is 0. The lowest BCUT2D eigenvalue weighted by Crippen LogP contribution is -2.43. The topological polar surface area (TPSA) is 97.2 Å². The van der Waals surface area contributed by atoms with Crippen LogP contribution in [0.15, 0.2) is 30.7 Å². The van der Waals surface area contributed by atoms with Gasteiger partial charge in [-0.25, -0.2) is 13.4 Å². The van der Waals surface area contributed by atoms with Crippen LogP contribution < -0.4 is 5.32 Å². The number of nitrogens with zero attached hydrogens (tertiary/aromatic N) is 4. The van der Waals surface area contributed by atoms with Crippen molar-refractivity contribution >= 4 is 21.6 Å². The van der Waals surface area contributed by atoms with E-state index in [1.165, 1.54) is 6.20 Å². The summed E-state index contributed by atoms with van der Waals surface area (Å²) in [7, 11) is -3.00. The Bertz CT molecular complexity index is 831. The molecule has 1 aliphatic heterocycles. The molecule has 0 aromatic carbocycles. The molecule has 0 bridgehead atoms. The van der Waals surface area contributed by atoms with Crippen molar-refractivity contribution in [2.24, 2.45) is 0 Å². The molecule has 25 heavy (non-hydrogen) atoms. The molecule has 3 rings (SSSR count). The fourth-order valence-electron chi connectivity index (χ4n) is 2.61. The van der Waals surface area contributed by atoms with E-state index in [1.54, 1.807) is 17.0 Å². The number of aromatic nitrogens is 3. The molecule has 2 aromatic heterocycles. The Morgan fingerprint density at radius 2 is 2.00 bits per heavy atom. The van der Waals surface area contributed by atoms with Crippen LogP contribution in [-0.2, 0) is 16.4 Å². The van der Waals surface area contributed by atoms with Crippen LogP contribution in [0.5, 0.6) is 0 Å². The largest absolute Gasteiger partial charge is 0.368 e. The van der Waals surface area contributed by atoms with Gasteiger partial charge in [-0.1, -0.05) is 0 Å². The average molecular weight is 363 g/mol. The lowest BCUT2D eigenvalue weighted by molar-refractivity contribution is 0.0770. The maximum Gasteiger partial charge on any atom is 0.255 e. The summed E-state index contributed by atoms with van der Waals surface area (Å²) < 4.78 is 24.7. The number of amides is 1. The molecule has 0 saturated carbocycles. The van der Waals surface area contributed by atoms with Gasteiger partial charge in [-0.2, -0.15) is 5.10 Å². The predicted molar refractivity (Wildman–Crippen MR) is 94.2 cm³/mol. The standard InChI is InChI=1S/C16H21N5O3S/c1-13-10-19-21(12-13)5-4-17-15-3-2-14(11-18-15)16(22)20-6-8-25(23,24)9-7-20/h2-3,10-12H,4-9H2,1H3,(H,17,18). The molecule has 3 heterocycles. The quantitative estimate of drug-likeness (QED) is 0.834. The highest BCUT2D eigenvalue weighted by Gasteiger charge is 2.25.